The predicted octanol–water partition coefficient (Wildman–Crippen LogP) is 2.46. The van der Waals surface area contributed by atoms with Gasteiger partial charge in [0.15, 0.2) is 0 Å². The third-order valence-electron chi connectivity index (χ3n) is 2.84. The van der Waals surface area contributed by atoms with Gasteiger partial charge in [-0.05, 0) is 6.92 Å². The summed E-state index contributed by atoms with van der Waals surface area (Å²) in [6.07, 6.45) is -4.52. The minimum absolute atomic E-state index is 0.287. The van der Waals surface area contributed by atoms with Crippen molar-refractivity contribution in [3.63, 3.8) is 0 Å². The van der Waals surface area contributed by atoms with Gasteiger partial charge in [-0.3, -0.25) is 20.4 Å². The van der Waals surface area contributed by atoms with Crippen molar-refractivity contribution in [3.05, 3.63) is 40.9 Å². The predicted molar refractivity (Wildman–Crippen MR) is 84.8 cm³/mol. The number of aromatic nitrogens is 1. The van der Waals surface area contributed by atoms with Gasteiger partial charge < -0.3 is 4.74 Å². The Morgan fingerprint density at radius 3 is 2.52 bits per heavy atom. The Hall–Kier alpha value is -2.46. The van der Waals surface area contributed by atoms with Gasteiger partial charge in [0.2, 0.25) is 0 Å². The van der Waals surface area contributed by atoms with Crippen LogP contribution in [0.5, 0.6) is 0 Å². The summed E-state index contributed by atoms with van der Waals surface area (Å²) in [7, 11) is 0. The molecule has 10 heteroatoms. The number of carbonyl (C=O) groups excluding carboxylic acids is 2. The topological polar surface area (TPSA) is 80.3 Å². The van der Waals surface area contributed by atoms with E-state index in [2.05, 4.69) is 15.1 Å². The zero-order chi connectivity index (χ0) is 18.4. The minimum Gasteiger partial charge on any atom is -0.362 e. The molecule has 0 saturated carbocycles. The molecule has 2 amide bonds. The summed E-state index contributed by atoms with van der Waals surface area (Å²) < 4.78 is 39.9. The number of hydrogen-bond donors (Lipinski definition) is 2. The van der Waals surface area contributed by atoms with Gasteiger partial charge in [0.05, 0.1) is 5.69 Å². The van der Waals surface area contributed by atoms with Crippen molar-refractivity contribution in [2.24, 2.45) is 0 Å². The molecule has 0 fully saturated rings. The van der Waals surface area contributed by atoms with E-state index in [-0.39, 0.29) is 4.88 Å². The molecule has 0 aliphatic heterocycles. The highest BCUT2D eigenvalue weighted by atomic mass is 32.1. The second-order valence-electron chi connectivity index (χ2n) is 4.91. The lowest BCUT2D eigenvalue weighted by molar-refractivity contribution is -0.175. The maximum Gasteiger partial charge on any atom is 0.411 e. The summed E-state index contributed by atoms with van der Waals surface area (Å²) in [5.41, 5.74) is 5.44. The van der Waals surface area contributed by atoms with E-state index in [4.69, 9.17) is 0 Å². The second-order valence-corrected chi connectivity index (χ2v) is 5.91. The number of thiazole rings is 1. The summed E-state index contributed by atoms with van der Waals surface area (Å²) in [5, 5.41) is 0.642. The molecule has 6 nitrogen and oxygen atoms in total. The summed E-state index contributed by atoms with van der Waals surface area (Å²) in [6.45, 7) is -0.717. The molecule has 0 spiro atoms. The van der Waals surface area contributed by atoms with Crippen LogP contribution < -0.4 is 10.9 Å². The van der Waals surface area contributed by atoms with Gasteiger partial charge in [0.1, 0.15) is 23.1 Å². The highest BCUT2D eigenvalue weighted by molar-refractivity contribution is 7.17. The molecule has 0 bridgehead atoms. The van der Waals surface area contributed by atoms with Crippen molar-refractivity contribution in [3.8, 4) is 10.6 Å². The van der Waals surface area contributed by atoms with Crippen LogP contribution in [0.15, 0.2) is 30.3 Å². The molecular formula is C15H14F3N3O3S. The maximum absolute atomic E-state index is 12.1. The Morgan fingerprint density at radius 2 is 1.88 bits per heavy atom. The number of benzene rings is 1. The van der Waals surface area contributed by atoms with E-state index in [1.807, 2.05) is 35.8 Å². The largest absolute Gasteiger partial charge is 0.411 e. The number of amides is 2. The number of halogens is 3. The molecule has 0 aliphatic carbocycles. The molecular weight excluding hydrogens is 359 g/mol. The number of aryl methyl sites for hydroxylation is 1. The van der Waals surface area contributed by atoms with Crippen LogP contribution in [0.4, 0.5) is 13.2 Å². The van der Waals surface area contributed by atoms with Crippen molar-refractivity contribution < 1.29 is 27.5 Å². The molecule has 0 radical (unpaired) electrons. The van der Waals surface area contributed by atoms with Gasteiger partial charge in [-0.15, -0.1) is 11.3 Å². The lowest BCUT2D eigenvalue weighted by atomic mass is 10.2. The maximum atomic E-state index is 12.1. The van der Waals surface area contributed by atoms with Crippen LogP contribution in [-0.2, 0) is 9.53 Å². The summed E-state index contributed by atoms with van der Waals surface area (Å²) in [4.78, 5) is 28.0. The number of nitrogens with zero attached hydrogens (tertiary/aromatic N) is 1. The van der Waals surface area contributed by atoms with E-state index in [0.29, 0.717) is 10.7 Å². The van der Waals surface area contributed by atoms with Gasteiger partial charge in [-0.2, -0.15) is 13.2 Å². The fraction of sp³-hybridized carbons (Fsp3) is 0.267. The second kappa shape index (κ2) is 8.08. The van der Waals surface area contributed by atoms with Crippen molar-refractivity contribution in [1.82, 2.24) is 15.8 Å². The summed E-state index contributed by atoms with van der Waals surface area (Å²) in [5.74, 6) is -1.51. The van der Waals surface area contributed by atoms with E-state index >= 15 is 0 Å². The van der Waals surface area contributed by atoms with E-state index in [9.17, 15) is 22.8 Å². The molecule has 2 N–H and O–H groups in total. The van der Waals surface area contributed by atoms with Gasteiger partial charge in [-0.25, -0.2) is 4.98 Å². The number of ether oxygens (including phenoxy) is 1. The molecule has 2 rings (SSSR count). The Balaban J connectivity index is 1.89. The highest BCUT2D eigenvalue weighted by Gasteiger charge is 2.27. The molecule has 0 unspecified atom stereocenters. The minimum atomic E-state index is -4.52. The zero-order valence-corrected chi connectivity index (χ0v) is 13.8. The molecule has 0 saturated heterocycles. The van der Waals surface area contributed by atoms with Crippen LogP contribution in [0.1, 0.15) is 15.4 Å². The van der Waals surface area contributed by atoms with E-state index < -0.39 is 31.2 Å². The number of carbonyl (C=O) groups is 2. The Labute approximate surface area is 145 Å². The molecule has 0 atom stereocenters. The normalized spacial score (nSPS) is 11.2. The van der Waals surface area contributed by atoms with E-state index in [0.717, 1.165) is 16.9 Å². The van der Waals surface area contributed by atoms with Crippen molar-refractivity contribution in [1.29, 1.82) is 0 Å². The Bertz CT molecular complexity index is 747. The van der Waals surface area contributed by atoms with Crippen LogP contribution in [0.2, 0.25) is 0 Å². The fourth-order valence-electron chi connectivity index (χ4n) is 1.79. The lowest BCUT2D eigenvalue weighted by Crippen LogP contribution is -2.43. The molecule has 1 aromatic carbocycles. The smallest absolute Gasteiger partial charge is 0.362 e. The van der Waals surface area contributed by atoms with Crippen LogP contribution in [0, 0.1) is 6.92 Å². The van der Waals surface area contributed by atoms with Crippen molar-refractivity contribution in [2.45, 2.75) is 13.1 Å². The summed E-state index contributed by atoms with van der Waals surface area (Å²) in [6, 6.07) is 9.23. The number of nitrogens with one attached hydrogen (secondary N) is 2. The summed E-state index contributed by atoms with van der Waals surface area (Å²) >= 11 is 1.14. The third-order valence-corrected chi connectivity index (χ3v) is 4.04. The Kier molecular flexibility index (Phi) is 6.10. The van der Waals surface area contributed by atoms with Crippen molar-refractivity contribution >= 4 is 23.2 Å². The van der Waals surface area contributed by atoms with Gasteiger partial charge in [0, 0.05) is 5.56 Å². The molecule has 1 heterocycles. The third kappa shape index (κ3) is 5.84. The van der Waals surface area contributed by atoms with Crippen LogP contribution in [-0.4, -0.2) is 36.2 Å². The number of hydrogen-bond acceptors (Lipinski definition) is 5. The molecule has 1 aromatic heterocycles. The highest BCUT2D eigenvalue weighted by Crippen LogP contribution is 2.27. The lowest BCUT2D eigenvalue weighted by Gasteiger charge is -2.08. The van der Waals surface area contributed by atoms with Crippen LogP contribution >= 0.6 is 11.3 Å². The molecule has 25 heavy (non-hydrogen) atoms. The van der Waals surface area contributed by atoms with E-state index in [1.165, 1.54) is 0 Å². The first kappa shape index (κ1) is 18.9. The molecule has 134 valence electrons. The van der Waals surface area contributed by atoms with Crippen LogP contribution in [0.25, 0.3) is 10.6 Å². The van der Waals surface area contributed by atoms with E-state index in [1.54, 1.807) is 6.92 Å². The molecule has 2 aromatic rings. The monoisotopic (exact) mass is 373 g/mol. The van der Waals surface area contributed by atoms with Crippen LogP contribution in [0.3, 0.4) is 0 Å². The average molecular weight is 373 g/mol. The SMILES string of the molecule is Cc1nc(-c2ccccc2)sc1C(=O)NNC(=O)COCC(F)(F)F. The molecule has 0 aliphatic rings. The first-order valence-corrected chi connectivity index (χ1v) is 7.84. The standard InChI is InChI=1S/C15H14F3N3O3S/c1-9-12(25-14(19-9)10-5-3-2-4-6-10)13(23)21-20-11(22)7-24-8-15(16,17)18/h2-6H,7-8H2,1H3,(H,20,22)(H,21,23). The van der Waals surface area contributed by atoms with Gasteiger partial charge in [0.25, 0.3) is 11.8 Å². The van der Waals surface area contributed by atoms with Gasteiger partial charge in [-0.1, -0.05) is 30.3 Å². The first-order valence-electron chi connectivity index (χ1n) is 7.03. The number of hydrazine groups is 1. The first-order chi connectivity index (χ1) is 11.8. The van der Waals surface area contributed by atoms with Gasteiger partial charge >= 0.3 is 6.18 Å². The van der Waals surface area contributed by atoms with Crippen molar-refractivity contribution in [2.75, 3.05) is 13.2 Å². The number of alkyl halides is 3. The fourth-order valence-corrected chi connectivity index (χ4v) is 2.76. The average Bonchev–Trinajstić information content (AvgIpc) is 2.94. The number of rotatable bonds is 5. The quantitative estimate of drug-likeness (QED) is 0.789. The Morgan fingerprint density at radius 1 is 1.20 bits per heavy atom. The zero-order valence-electron chi connectivity index (χ0n) is 13.0.